The molecule has 1 aromatic heterocycles. The lowest BCUT2D eigenvalue weighted by Crippen LogP contribution is -2.01. The highest BCUT2D eigenvalue weighted by atomic mass is 16.5. The zero-order valence-electron chi connectivity index (χ0n) is 6.20. The first-order valence-electron chi connectivity index (χ1n) is 3.30. The smallest absolute Gasteiger partial charge is 0.162 e. The number of aromatic nitrogens is 1. The Kier molecular flexibility index (Phi) is 2.45. The molecular formula is C7H11NO2. The summed E-state index contributed by atoms with van der Waals surface area (Å²) in [5.74, 6) is 0.772. The molecule has 0 saturated carbocycles. The van der Waals surface area contributed by atoms with Crippen molar-refractivity contribution in [2.45, 2.75) is 26.6 Å². The minimum atomic E-state index is 0.241. The Labute approximate surface area is 60.0 Å². The predicted molar refractivity (Wildman–Crippen MR) is 36.4 cm³/mol. The summed E-state index contributed by atoms with van der Waals surface area (Å²) in [5.41, 5.74) is 0. The van der Waals surface area contributed by atoms with Gasteiger partial charge in [-0.3, -0.25) is 0 Å². The first-order valence-corrected chi connectivity index (χ1v) is 3.30. The van der Waals surface area contributed by atoms with Crippen molar-refractivity contribution in [1.82, 2.24) is 5.16 Å². The number of hydrogen-bond donors (Lipinski definition) is 0. The molecule has 10 heavy (non-hydrogen) atoms. The van der Waals surface area contributed by atoms with Gasteiger partial charge in [0, 0.05) is 6.07 Å². The first-order chi connectivity index (χ1) is 4.79. The van der Waals surface area contributed by atoms with Crippen LogP contribution in [0.4, 0.5) is 0 Å². The van der Waals surface area contributed by atoms with Crippen molar-refractivity contribution in [3.05, 3.63) is 18.0 Å². The Morgan fingerprint density at radius 1 is 1.70 bits per heavy atom. The summed E-state index contributed by atoms with van der Waals surface area (Å²) in [5, 5.41) is 3.55. The molecule has 0 aliphatic carbocycles. The maximum atomic E-state index is 5.25. The molecule has 0 saturated heterocycles. The molecule has 0 radical (unpaired) electrons. The lowest BCUT2D eigenvalue weighted by atomic mass is 10.4. The van der Waals surface area contributed by atoms with Gasteiger partial charge < -0.3 is 9.26 Å². The van der Waals surface area contributed by atoms with E-state index in [-0.39, 0.29) is 6.10 Å². The van der Waals surface area contributed by atoms with Gasteiger partial charge in [0.15, 0.2) is 5.76 Å². The maximum absolute atomic E-state index is 5.25. The Morgan fingerprint density at radius 3 is 3.00 bits per heavy atom. The van der Waals surface area contributed by atoms with Crippen molar-refractivity contribution < 1.29 is 9.26 Å². The highest BCUT2D eigenvalue weighted by Gasteiger charge is 1.97. The van der Waals surface area contributed by atoms with E-state index in [9.17, 15) is 0 Å². The molecule has 0 atom stereocenters. The molecule has 56 valence electrons. The van der Waals surface area contributed by atoms with Crippen LogP contribution in [-0.4, -0.2) is 11.3 Å². The molecule has 0 amide bonds. The minimum Gasteiger partial charge on any atom is -0.371 e. The summed E-state index contributed by atoms with van der Waals surface area (Å²) in [6, 6.07) is 1.79. The lowest BCUT2D eigenvalue weighted by Gasteiger charge is -2.02. The molecule has 3 nitrogen and oxygen atoms in total. The maximum Gasteiger partial charge on any atom is 0.162 e. The lowest BCUT2D eigenvalue weighted by molar-refractivity contribution is 0.0513. The van der Waals surface area contributed by atoms with E-state index < -0.39 is 0 Å². The second kappa shape index (κ2) is 3.37. The second-order valence-electron chi connectivity index (χ2n) is 2.34. The van der Waals surface area contributed by atoms with Gasteiger partial charge in [-0.05, 0) is 13.8 Å². The van der Waals surface area contributed by atoms with Crippen molar-refractivity contribution >= 4 is 0 Å². The molecule has 3 heteroatoms. The van der Waals surface area contributed by atoms with Crippen molar-refractivity contribution in [3.63, 3.8) is 0 Å². The summed E-state index contributed by atoms with van der Waals surface area (Å²) in [6.45, 7) is 4.48. The van der Waals surface area contributed by atoms with E-state index in [1.165, 1.54) is 0 Å². The fraction of sp³-hybridized carbons (Fsp3) is 0.571. The third-order valence-corrected chi connectivity index (χ3v) is 1.05. The number of hydrogen-bond acceptors (Lipinski definition) is 3. The molecule has 0 aromatic carbocycles. The van der Waals surface area contributed by atoms with Crippen LogP contribution in [0.25, 0.3) is 0 Å². The fourth-order valence-electron chi connectivity index (χ4n) is 0.565. The van der Waals surface area contributed by atoms with E-state index in [0.717, 1.165) is 5.76 Å². The molecule has 1 heterocycles. The average molecular weight is 141 g/mol. The van der Waals surface area contributed by atoms with E-state index >= 15 is 0 Å². The minimum absolute atomic E-state index is 0.241. The predicted octanol–water partition coefficient (Wildman–Crippen LogP) is 1.60. The van der Waals surface area contributed by atoms with Gasteiger partial charge in [-0.25, -0.2) is 0 Å². The molecule has 0 N–H and O–H groups in total. The normalized spacial score (nSPS) is 10.7. The van der Waals surface area contributed by atoms with Crippen LogP contribution < -0.4 is 0 Å². The number of ether oxygens (including phenoxy) is 1. The Balaban J connectivity index is 2.28. The van der Waals surface area contributed by atoms with Crippen molar-refractivity contribution in [2.24, 2.45) is 0 Å². The number of rotatable bonds is 3. The van der Waals surface area contributed by atoms with Crippen LogP contribution in [0, 0.1) is 0 Å². The van der Waals surface area contributed by atoms with Gasteiger partial charge in [-0.15, -0.1) is 0 Å². The van der Waals surface area contributed by atoms with E-state index in [1.54, 1.807) is 12.3 Å². The summed E-state index contributed by atoms with van der Waals surface area (Å²) in [4.78, 5) is 0. The largest absolute Gasteiger partial charge is 0.371 e. The SMILES string of the molecule is CC(C)OCc1ccno1. The third kappa shape index (κ3) is 2.19. The molecule has 1 aromatic rings. The fourth-order valence-corrected chi connectivity index (χ4v) is 0.565. The molecule has 1 rings (SSSR count). The van der Waals surface area contributed by atoms with Gasteiger partial charge in [0.25, 0.3) is 0 Å². The van der Waals surface area contributed by atoms with Crippen LogP contribution in [0.5, 0.6) is 0 Å². The van der Waals surface area contributed by atoms with Crippen molar-refractivity contribution in [3.8, 4) is 0 Å². The average Bonchev–Trinajstić information content (AvgIpc) is 2.34. The summed E-state index contributed by atoms with van der Waals surface area (Å²) in [6.07, 6.45) is 1.85. The highest BCUT2D eigenvalue weighted by molar-refractivity contribution is 4.90. The highest BCUT2D eigenvalue weighted by Crippen LogP contribution is 2.00. The Morgan fingerprint density at radius 2 is 2.50 bits per heavy atom. The van der Waals surface area contributed by atoms with E-state index in [2.05, 4.69) is 5.16 Å². The molecule has 0 aliphatic rings. The van der Waals surface area contributed by atoms with E-state index in [1.807, 2.05) is 13.8 Å². The van der Waals surface area contributed by atoms with Crippen LogP contribution in [0.2, 0.25) is 0 Å². The van der Waals surface area contributed by atoms with Crippen molar-refractivity contribution in [2.75, 3.05) is 0 Å². The molecule has 0 spiro atoms. The first kappa shape index (κ1) is 7.28. The van der Waals surface area contributed by atoms with Crippen LogP contribution in [0.3, 0.4) is 0 Å². The van der Waals surface area contributed by atoms with Crippen LogP contribution in [0.1, 0.15) is 19.6 Å². The Hall–Kier alpha value is -0.830. The summed E-state index contributed by atoms with van der Waals surface area (Å²) >= 11 is 0. The van der Waals surface area contributed by atoms with Gasteiger partial charge in [-0.1, -0.05) is 5.16 Å². The molecule has 0 aliphatic heterocycles. The molecular weight excluding hydrogens is 130 g/mol. The van der Waals surface area contributed by atoms with Crippen molar-refractivity contribution in [1.29, 1.82) is 0 Å². The van der Waals surface area contributed by atoms with Crippen LogP contribution in [0.15, 0.2) is 16.8 Å². The number of nitrogens with zero attached hydrogens (tertiary/aromatic N) is 1. The zero-order valence-corrected chi connectivity index (χ0v) is 6.20. The monoisotopic (exact) mass is 141 g/mol. The van der Waals surface area contributed by atoms with Gasteiger partial charge >= 0.3 is 0 Å². The Bertz CT molecular complexity index is 170. The van der Waals surface area contributed by atoms with Gasteiger partial charge in [0.2, 0.25) is 0 Å². The van der Waals surface area contributed by atoms with Gasteiger partial charge in [0.1, 0.15) is 6.61 Å². The van der Waals surface area contributed by atoms with E-state index in [4.69, 9.17) is 9.26 Å². The topological polar surface area (TPSA) is 35.3 Å². The molecule has 0 fully saturated rings. The van der Waals surface area contributed by atoms with Gasteiger partial charge in [0.05, 0.1) is 12.3 Å². The zero-order chi connectivity index (χ0) is 7.40. The standard InChI is InChI=1S/C7H11NO2/c1-6(2)9-5-7-3-4-8-10-7/h3-4,6H,5H2,1-2H3. The summed E-state index contributed by atoms with van der Waals surface area (Å²) < 4.78 is 10.1. The third-order valence-electron chi connectivity index (χ3n) is 1.05. The quantitative estimate of drug-likeness (QED) is 0.641. The van der Waals surface area contributed by atoms with Gasteiger partial charge in [-0.2, -0.15) is 0 Å². The molecule has 0 unspecified atom stereocenters. The summed E-state index contributed by atoms with van der Waals surface area (Å²) in [7, 11) is 0. The van der Waals surface area contributed by atoms with E-state index in [0.29, 0.717) is 6.61 Å². The van der Waals surface area contributed by atoms with Crippen LogP contribution in [-0.2, 0) is 11.3 Å². The molecule has 0 bridgehead atoms. The van der Waals surface area contributed by atoms with Crippen LogP contribution >= 0.6 is 0 Å². The second-order valence-corrected chi connectivity index (χ2v) is 2.34.